The molecule has 16 heavy (non-hydrogen) atoms. The molecule has 0 aromatic heterocycles. The number of hydrogen-bond donors (Lipinski definition) is 2. The molecule has 3 nitrogen and oxygen atoms in total. The second-order valence-corrected chi connectivity index (χ2v) is 3.57. The van der Waals surface area contributed by atoms with Crippen molar-refractivity contribution in [2.45, 2.75) is 13.3 Å². The van der Waals surface area contributed by atoms with Gasteiger partial charge in [0.25, 0.3) is 5.97 Å². The number of carbonyl (C=O) groups is 1. The average molecular weight is 219 g/mol. The summed E-state index contributed by atoms with van der Waals surface area (Å²) in [6.45, 7) is 3.21. The number of benzene rings is 1. The van der Waals surface area contributed by atoms with Gasteiger partial charge in [0.05, 0.1) is 0 Å². The topological polar surface area (TPSA) is 49.3 Å². The molecule has 0 fully saturated rings. The van der Waals surface area contributed by atoms with Gasteiger partial charge in [-0.3, -0.25) is 4.79 Å². The van der Waals surface area contributed by atoms with Crippen LogP contribution in [0.1, 0.15) is 18.9 Å². The number of carboxylic acids is 1. The Bertz CT molecular complexity index is 353. The second kappa shape index (κ2) is 6.80. The molecule has 0 radical (unpaired) electrons. The van der Waals surface area contributed by atoms with Crippen molar-refractivity contribution >= 4 is 11.5 Å². The Morgan fingerprint density at radius 1 is 1.31 bits per heavy atom. The number of aliphatic carboxylic acids is 1. The lowest BCUT2D eigenvalue weighted by Crippen LogP contribution is -2.19. The molecule has 1 heterocycles. The molecule has 1 aliphatic rings. The number of carboxylic acid groups (broad SMARTS) is 1. The zero-order valence-corrected chi connectivity index (χ0v) is 9.44. The lowest BCUT2D eigenvalue weighted by atomic mass is 10.0. The highest BCUT2D eigenvalue weighted by atomic mass is 16.4. The lowest BCUT2D eigenvalue weighted by Gasteiger charge is -2.13. The Morgan fingerprint density at radius 2 is 1.94 bits per heavy atom. The monoisotopic (exact) mass is 219 g/mol. The van der Waals surface area contributed by atoms with Gasteiger partial charge in [0.2, 0.25) is 0 Å². The fourth-order valence-corrected chi connectivity index (χ4v) is 1.54. The van der Waals surface area contributed by atoms with E-state index in [2.05, 4.69) is 41.7 Å². The minimum atomic E-state index is -0.833. The van der Waals surface area contributed by atoms with Crippen molar-refractivity contribution in [1.29, 1.82) is 0 Å². The van der Waals surface area contributed by atoms with E-state index in [0.29, 0.717) is 0 Å². The van der Waals surface area contributed by atoms with Gasteiger partial charge in [-0.25, -0.2) is 0 Å². The van der Waals surface area contributed by atoms with Crippen LogP contribution in [-0.2, 0) is 4.79 Å². The molecule has 86 valence electrons. The first kappa shape index (κ1) is 12.5. The Morgan fingerprint density at radius 3 is 2.44 bits per heavy atom. The second-order valence-electron chi connectivity index (χ2n) is 3.57. The molecule has 0 unspecified atom stereocenters. The van der Waals surface area contributed by atoms with Gasteiger partial charge in [0.15, 0.2) is 0 Å². The maximum Gasteiger partial charge on any atom is 0.300 e. The molecule has 1 aliphatic heterocycles. The molecule has 0 saturated carbocycles. The largest absolute Gasteiger partial charge is 0.481 e. The summed E-state index contributed by atoms with van der Waals surface area (Å²) in [4.78, 5) is 9.00. The van der Waals surface area contributed by atoms with E-state index >= 15 is 0 Å². The van der Waals surface area contributed by atoms with E-state index in [1.807, 2.05) is 0 Å². The van der Waals surface area contributed by atoms with E-state index in [-0.39, 0.29) is 0 Å². The van der Waals surface area contributed by atoms with Gasteiger partial charge in [-0.1, -0.05) is 36.4 Å². The smallest absolute Gasteiger partial charge is 0.300 e. The third-order valence-electron chi connectivity index (χ3n) is 2.21. The first-order valence-corrected chi connectivity index (χ1v) is 5.35. The number of rotatable bonds is 1. The molecule has 1 aromatic carbocycles. The molecule has 3 heteroatoms. The fraction of sp³-hybridized carbons (Fsp3) is 0.308. The number of nitrogens with one attached hydrogen (secondary N) is 1. The molecular formula is C13H17NO2. The molecule has 1 aromatic rings. The average Bonchev–Trinajstić information content (AvgIpc) is 2.31. The van der Waals surface area contributed by atoms with Crippen molar-refractivity contribution < 1.29 is 9.90 Å². The normalized spacial score (nSPS) is 14.4. The van der Waals surface area contributed by atoms with Crippen molar-refractivity contribution in [2.75, 3.05) is 13.1 Å². The van der Waals surface area contributed by atoms with E-state index in [1.165, 1.54) is 11.1 Å². The van der Waals surface area contributed by atoms with E-state index in [9.17, 15) is 0 Å². The van der Waals surface area contributed by atoms with Gasteiger partial charge >= 0.3 is 0 Å². The molecule has 0 atom stereocenters. The van der Waals surface area contributed by atoms with Crippen LogP contribution < -0.4 is 5.32 Å². The number of hydrogen-bond acceptors (Lipinski definition) is 2. The molecular weight excluding hydrogens is 202 g/mol. The third kappa shape index (κ3) is 4.75. The Labute approximate surface area is 95.8 Å². The van der Waals surface area contributed by atoms with E-state index < -0.39 is 5.97 Å². The van der Waals surface area contributed by atoms with Crippen LogP contribution in [0.25, 0.3) is 5.57 Å². The van der Waals surface area contributed by atoms with Crippen molar-refractivity contribution in [1.82, 2.24) is 5.32 Å². The van der Waals surface area contributed by atoms with Crippen LogP contribution in [0.3, 0.4) is 0 Å². The SMILES string of the molecule is C1=C(c2ccccc2)CCNC1.CC(=O)O. The molecule has 2 rings (SSSR count). The standard InChI is InChI=1S/C11H13N.C2H4O2/c1-2-4-10(5-3-1)11-6-8-12-9-7-11;1-2(3)4/h1-6,12H,7-9H2;1H3,(H,3,4). The van der Waals surface area contributed by atoms with Gasteiger partial charge < -0.3 is 10.4 Å². The summed E-state index contributed by atoms with van der Waals surface area (Å²) in [7, 11) is 0. The van der Waals surface area contributed by atoms with E-state index in [1.54, 1.807) is 0 Å². The van der Waals surface area contributed by atoms with Crippen molar-refractivity contribution in [3.05, 3.63) is 42.0 Å². The highest BCUT2D eigenvalue weighted by molar-refractivity contribution is 5.66. The predicted molar refractivity (Wildman–Crippen MR) is 65.2 cm³/mol. The molecule has 0 aliphatic carbocycles. The molecule has 0 saturated heterocycles. The van der Waals surface area contributed by atoms with E-state index in [4.69, 9.17) is 9.90 Å². The van der Waals surface area contributed by atoms with Crippen molar-refractivity contribution in [3.63, 3.8) is 0 Å². The van der Waals surface area contributed by atoms with Crippen LogP contribution in [-0.4, -0.2) is 24.2 Å². The molecule has 0 bridgehead atoms. The maximum atomic E-state index is 9.00. The van der Waals surface area contributed by atoms with Crippen LogP contribution in [0.15, 0.2) is 36.4 Å². The van der Waals surface area contributed by atoms with Crippen LogP contribution in [0.4, 0.5) is 0 Å². The third-order valence-corrected chi connectivity index (χ3v) is 2.21. The van der Waals surface area contributed by atoms with Crippen LogP contribution in [0.2, 0.25) is 0 Å². The van der Waals surface area contributed by atoms with Gasteiger partial charge in [0, 0.05) is 13.5 Å². The summed E-state index contributed by atoms with van der Waals surface area (Å²) in [5.41, 5.74) is 2.85. The Balaban J connectivity index is 0.000000280. The van der Waals surface area contributed by atoms with Crippen LogP contribution in [0, 0.1) is 0 Å². The predicted octanol–water partition coefficient (Wildman–Crippen LogP) is 2.15. The van der Waals surface area contributed by atoms with E-state index in [0.717, 1.165) is 26.4 Å². The Hall–Kier alpha value is -1.61. The molecule has 2 N–H and O–H groups in total. The van der Waals surface area contributed by atoms with Gasteiger partial charge in [-0.2, -0.15) is 0 Å². The molecule has 0 spiro atoms. The fourth-order valence-electron chi connectivity index (χ4n) is 1.54. The summed E-state index contributed by atoms with van der Waals surface area (Å²) < 4.78 is 0. The lowest BCUT2D eigenvalue weighted by molar-refractivity contribution is -0.134. The summed E-state index contributed by atoms with van der Waals surface area (Å²) in [5.74, 6) is -0.833. The minimum Gasteiger partial charge on any atom is -0.481 e. The zero-order chi connectivity index (χ0) is 11.8. The van der Waals surface area contributed by atoms with Crippen LogP contribution in [0.5, 0.6) is 0 Å². The minimum absolute atomic E-state index is 0.833. The van der Waals surface area contributed by atoms with Crippen LogP contribution >= 0.6 is 0 Å². The van der Waals surface area contributed by atoms with Crippen molar-refractivity contribution in [3.8, 4) is 0 Å². The highest BCUT2D eigenvalue weighted by Crippen LogP contribution is 2.18. The summed E-state index contributed by atoms with van der Waals surface area (Å²) >= 11 is 0. The first-order valence-electron chi connectivity index (χ1n) is 5.35. The highest BCUT2D eigenvalue weighted by Gasteiger charge is 2.03. The van der Waals surface area contributed by atoms with Crippen molar-refractivity contribution in [2.24, 2.45) is 0 Å². The summed E-state index contributed by atoms with van der Waals surface area (Å²) in [5, 5.41) is 10.7. The zero-order valence-electron chi connectivity index (χ0n) is 9.44. The van der Waals surface area contributed by atoms with Gasteiger partial charge in [-0.05, 0) is 24.1 Å². The Kier molecular flexibility index (Phi) is 5.29. The summed E-state index contributed by atoms with van der Waals surface area (Å²) in [6, 6.07) is 10.6. The maximum absolute atomic E-state index is 9.00. The molecule has 0 amide bonds. The van der Waals surface area contributed by atoms with Gasteiger partial charge in [0.1, 0.15) is 0 Å². The quantitative estimate of drug-likeness (QED) is 0.761. The van der Waals surface area contributed by atoms with Gasteiger partial charge in [-0.15, -0.1) is 0 Å². The first-order chi connectivity index (χ1) is 7.70. The summed E-state index contributed by atoms with van der Waals surface area (Å²) in [6.07, 6.45) is 3.43.